The van der Waals surface area contributed by atoms with E-state index < -0.39 is 11.1 Å². The highest BCUT2D eigenvalue weighted by atomic mass is 19.1. The SMILES string of the molecule is O=[N+]([O-])C1=CC(F)C(CCCc2ncco2)C=C1. The summed E-state index contributed by atoms with van der Waals surface area (Å²) in [7, 11) is 0. The van der Waals surface area contributed by atoms with Crippen molar-refractivity contribution in [2.75, 3.05) is 0 Å². The van der Waals surface area contributed by atoms with Crippen LogP contribution in [0.2, 0.25) is 0 Å². The lowest BCUT2D eigenvalue weighted by atomic mass is 9.92. The van der Waals surface area contributed by atoms with Crippen molar-refractivity contribution in [1.29, 1.82) is 0 Å². The average Bonchev–Trinajstić information content (AvgIpc) is 2.84. The zero-order valence-electron chi connectivity index (χ0n) is 9.66. The molecule has 0 fully saturated rings. The summed E-state index contributed by atoms with van der Waals surface area (Å²) in [6, 6.07) is 0. The molecule has 0 aromatic carbocycles. The number of nitrogens with zero attached hydrogens (tertiary/aromatic N) is 2. The fourth-order valence-corrected chi connectivity index (χ4v) is 1.91. The van der Waals surface area contributed by atoms with E-state index >= 15 is 0 Å². The molecule has 2 atom stereocenters. The molecule has 5 nitrogen and oxygen atoms in total. The third-order valence-electron chi connectivity index (χ3n) is 2.88. The predicted molar refractivity (Wildman–Crippen MR) is 62.0 cm³/mol. The molecule has 96 valence electrons. The van der Waals surface area contributed by atoms with Gasteiger partial charge in [0, 0.05) is 24.5 Å². The molecule has 1 aliphatic carbocycles. The molecule has 0 N–H and O–H groups in total. The van der Waals surface area contributed by atoms with Crippen molar-refractivity contribution in [1.82, 2.24) is 4.98 Å². The van der Waals surface area contributed by atoms with Crippen molar-refractivity contribution >= 4 is 0 Å². The average molecular weight is 252 g/mol. The van der Waals surface area contributed by atoms with E-state index in [1.54, 1.807) is 12.3 Å². The number of hydrogen-bond donors (Lipinski definition) is 0. The minimum absolute atomic E-state index is 0.175. The Morgan fingerprint density at radius 2 is 2.39 bits per heavy atom. The molecular weight excluding hydrogens is 239 g/mol. The number of aryl methyl sites for hydroxylation is 1. The third-order valence-corrected chi connectivity index (χ3v) is 2.88. The van der Waals surface area contributed by atoms with Crippen LogP contribution in [0.4, 0.5) is 4.39 Å². The molecule has 0 saturated heterocycles. The van der Waals surface area contributed by atoms with Crippen molar-refractivity contribution in [3.8, 4) is 0 Å². The van der Waals surface area contributed by atoms with Gasteiger partial charge in [0.15, 0.2) is 5.89 Å². The molecule has 1 aromatic heterocycles. The van der Waals surface area contributed by atoms with E-state index in [9.17, 15) is 14.5 Å². The van der Waals surface area contributed by atoms with Crippen molar-refractivity contribution < 1.29 is 13.7 Å². The summed E-state index contributed by atoms with van der Waals surface area (Å²) in [6.45, 7) is 0. The number of nitro groups is 1. The lowest BCUT2D eigenvalue weighted by molar-refractivity contribution is -0.419. The van der Waals surface area contributed by atoms with E-state index in [2.05, 4.69) is 4.98 Å². The first kappa shape index (κ1) is 12.5. The van der Waals surface area contributed by atoms with Crippen LogP contribution in [-0.4, -0.2) is 16.1 Å². The summed E-state index contributed by atoms with van der Waals surface area (Å²) in [4.78, 5) is 13.9. The number of aromatic nitrogens is 1. The van der Waals surface area contributed by atoms with Gasteiger partial charge in [-0.2, -0.15) is 0 Å². The summed E-state index contributed by atoms with van der Waals surface area (Å²) in [5.74, 6) is 0.329. The first-order chi connectivity index (χ1) is 8.66. The van der Waals surface area contributed by atoms with Gasteiger partial charge < -0.3 is 4.42 Å². The fraction of sp³-hybridized carbons (Fsp3) is 0.417. The van der Waals surface area contributed by atoms with Crippen molar-refractivity contribution in [3.63, 3.8) is 0 Å². The number of rotatable bonds is 5. The maximum absolute atomic E-state index is 13.7. The van der Waals surface area contributed by atoms with Crippen molar-refractivity contribution in [2.45, 2.75) is 25.4 Å². The second kappa shape index (κ2) is 5.57. The molecule has 0 radical (unpaired) electrons. The molecule has 1 aromatic rings. The summed E-state index contributed by atoms with van der Waals surface area (Å²) in [5.41, 5.74) is -0.175. The topological polar surface area (TPSA) is 69.2 Å². The van der Waals surface area contributed by atoms with Gasteiger partial charge in [-0.3, -0.25) is 10.1 Å². The monoisotopic (exact) mass is 252 g/mol. The van der Waals surface area contributed by atoms with E-state index in [4.69, 9.17) is 4.42 Å². The number of halogens is 1. The molecule has 0 amide bonds. The largest absolute Gasteiger partial charge is 0.449 e. The molecule has 0 bridgehead atoms. The Morgan fingerprint density at radius 3 is 3.00 bits per heavy atom. The van der Waals surface area contributed by atoms with Crippen LogP contribution < -0.4 is 0 Å². The van der Waals surface area contributed by atoms with Gasteiger partial charge in [-0.05, 0) is 12.8 Å². The first-order valence-electron chi connectivity index (χ1n) is 5.73. The lowest BCUT2D eigenvalue weighted by Gasteiger charge is -2.16. The Bertz CT molecular complexity index is 468. The fourth-order valence-electron chi connectivity index (χ4n) is 1.91. The number of allylic oxidation sites excluding steroid dienone is 3. The molecular formula is C12H13FN2O3. The van der Waals surface area contributed by atoms with Crippen molar-refractivity contribution in [3.05, 3.63) is 52.4 Å². The van der Waals surface area contributed by atoms with Gasteiger partial charge in [0.2, 0.25) is 0 Å². The number of oxazole rings is 1. The molecule has 6 heteroatoms. The highest BCUT2D eigenvalue weighted by Crippen LogP contribution is 2.24. The second-order valence-corrected chi connectivity index (χ2v) is 4.13. The van der Waals surface area contributed by atoms with Crippen LogP contribution in [0.25, 0.3) is 0 Å². The van der Waals surface area contributed by atoms with Crippen LogP contribution in [-0.2, 0) is 6.42 Å². The molecule has 1 heterocycles. The summed E-state index contributed by atoms with van der Waals surface area (Å²) < 4.78 is 18.7. The summed E-state index contributed by atoms with van der Waals surface area (Å²) in [6.07, 6.45) is 7.77. The van der Waals surface area contributed by atoms with E-state index in [-0.39, 0.29) is 11.6 Å². The second-order valence-electron chi connectivity index (χ2n) is 4.13. The minimum atomic E-state index is -1.29. The number of alkyl halides is 1. The normalized spacial score (nSPS) is 22.8. The van der Waals surface area contributed by atoms with E-state index in [0.29, 0.717) is 18.7 Å². The quantitative estimate of drug-likeness (QED) is 0.596. The van der Waals surface area contributed by atoms with Crippen LogP contribution in [0.15, 0.2) is 40.8 Å². The zero-order valence-corrected chi connectivity index (χ0v) is 9.66. The molecule has 2 unspecified atom stereocenters. The van der Waals surface area contributed by atoms with E-state index in [0.717, 1.165) is 12.5 Å². The minimum Gasteiger partial charge on any atom is -0.449 e. The van der Waals surface area contributed by atoms with Crippen LogP contribution in [0, 0.1) is 16.0 Å². The van der Waals surface area contributed by atoms with Crippen LogP contribution >= 0.6 is 0 Å². The molecule has 0 aliphatic heterocycles. The van der Waals surface area contributed by atoms with Gasteiger partial charge in [0.25, 0.3) is 5.70 Å². The third kappa shape index (κ3) is 3.03. The Hall–Kier alpha value is -1.98. The maximum atomic E-state index is 13.7. The van der Waals surface area contributed by atoms with E-state index in [1.165, 1.54) is 12.3 Å². The molecule has 0 saturated carbocycles. The number of hydrogen-bond acceptors (Lipinski definition) is 4. The highest BCUT2D eigenvalue weighted by Gasteiger charge is 2.24. The Balaban J connectivity index is 1.82. The van der Waals surface area contributed by atoms with Crippen LogP contribution in [0.5, 0.6) is 0 Å². The predicted octanol–water partition coefficient (Wildman–Crippen LogP) is 2.68. The first-order valence-corrected chi connectivity index (χ1v) is 5.73. The molecule has 0 spiro atoms. The van der Waals surface area contributed by atoms with Crippen LogP contribution in [0.3, 0.4) is 0 Å². The Labute approximate surface area is 103 Å². The van der Waals surface area contributed by atoms with Crippen LogP contribution in [0.1, 0.15) is 18.7 Å². The van der Waals surface area contributed by atoms with Gasteiger partial charge in [-0.15, -0.1) is 0 Å². The summed E-state index contributed by atoms with van der Waals surface area (Å²) >= 11 is 0. The van der Waals surface area contributed by atoms with Gasteiger partial charge in [-0.1, -0.05) is 6.08 Å². The highest BCUT2D eigenvalue weighted by molar-refractivity contribution is 5.20. The smallest absolute Gasteiger partial charge is 0.268 e. The summed E-state index contributed by atoms with van der Waals surface area (Å²) in [5, 5.41) is 10.5. The van der Waals surface area contributed by atoms with Gasteiger partial charge in [0.1, 0.15) is 12.4 Å². The molecule has 18 heavy (non-hydrogen) atoms. The Morgan fingerprint density at radius 1 is 1.56 bits per heavy atom. The zero-order chi connectivity index (χ0) is 13.0. The van der Waals surface area contributed by atoms with Gasteiger partial charge in [-0.25, -0.2) is 9.37 Å². The van der Waals surface area contributed by atoms with Gasteiger partial charge in [0.05, 0.1) is 11.1 Å². The maximum Gasteiger partial charge on any atom is 0.268 e. The van der Waals surface area contributed by atoms with Gasteiger partial charge >= 0.3 is 0 Å². The molecule has 1 aliphatic rings. The standard InChI is InChI=1S/C12H13FN2O3/c13-11-8-10(15(16)17)5-4-9(11)2-1-3-12-14-6-7-18-12/h4-9,11H,1-3H2. The Kier molecular flexibility index (Phi) is 3.86. The molecule has 2 rings (SSSR count). The van der Waals surface area contributed by atoms with Crippen molar-refractivity contribution in [2.24, 2.45) is 5.92 Å². The van der Waals surface area contributed by atoms with E-state index in [1.807, 2.05) is 0 Å². The lowest BCUT2D eigenvalue weighted by Crippen LogP contribution is -2.17.